The second-order valence-electron chi connectivity index (χ2n) is 6.19. The van der Waals surface area contributed by atoms with Crippen LogP contribution in [0.5, 0.6) is 17.2 Å². The van der Waals surface area contributed by atoms with Gasteiger partial charge in [0.2, 0.25) is 12.5 Å². The van der Waals surface area contributed by atoms with Gasteiger partial charge in [-0.2, -0.15) is 0 Å². The van der Waals surface area contributed by atoms with Crippen LogP contribution in [0.25, 0.3) is 0 Å². The van der Waals surface area contributed by atoms with E-state index >= 15 is 0 Å². The normalized spacial score (nSPS) is 26.4. The molecular weight excluding hydrogens is 304 g/mol. The van der Waals surface area contributed by atoms with Gasteiger partial charge in [0.25, 0.3) is 0 Å². The first-order valence-electron chi connectivity index (χ1n) is 7.77. The van der Waals surface area contributed by atoms with E-state index in [9.17, 15) is 0 Å². The second kappa shape index (κ2) is 6.52. The summed E-state index contributed by atoms with van der Waals surface area (Å²) in [7, 11) is 1.68. The van der Waals surface area contributed by atoms with E-state index in [0.29, 0.717) is 6.04 Å². The molecule has 0 saturated carbocycles. The van der Waals surface area contributed by atoms with Crippen LogP contribution in [0.15, 0.2) is 12.1 Å². The Morgan fingerprint density at radius 2 is 2.09 bits per heavy atom. The first-order valence-corrected chi connectivity index (χ1v) is 7.77. The summed E-state index contributed by atoms with van der Waals surface area (Å²) in [6, 6.07) is 5.55. The number of benzene rings is 1. The monoisotopic (exact) mass is 326 g/mol. The van der Waals surface area contributed by atoms with Crippen LogP contribution in [0.1, 0.15) is 24.8 Å². The van der Waals surface area contributed by atoms with Crippen molar-refractivity contribution in [2.45, 2.75) is 37.9 Å². The van der Waals surface area contributed by atoms with Gasteiger partial charge in [-0.1, -0.05) is 0 Å². The molecule has 3 aliphatic heterocycles. The summed E-state index contributed by atoms with van der Waals surface area (Å²) in [6.07, 6.45) is 3.90. The highest BCUT2D eigenvalue weighted by molar-refractivity contribution is 5.85. The Hall–Kier alpha value is -1.17. The highest BCUT2D eigenvalue weighted by atomic mass is 35.5. The molecule has 3 aliphatic rings. The molecule has 2 fully saturated rings. The average molecular weight is 327 g/mol. The minimum absolute atomic E-state index is 0. The molecular formula is C16H23ClN2O3. The lowest BCUT2D eigenvalue weighted by Crippen LogP contribution is -2.34. The number of nitrogens with zero attached hydrogens (tertiary/aromatic N) is 1. The Morgan fingerprint density at radius 1 is 1.23 bits per heavy atom. The lowest BCUT2D eigenvalue weighted by molar-refractivity contribution is 0.171. The molecule has 22 heavy (non-hydrogen) atoms. The largest absolute Gasteiger partial charge is 0.493 e. The molecule has 2 saturated heterocycles. The first-order chi connectivity index (χ1) is 10.3. The maximum atomic E-state index is 5.51. The highest BCUT2D eigenvalue weighted by Crippen LogP contribution is 2.42. The predicted octanol–water partition coefficient (Wildman–Crippen LogP) is 2.17. The Kier molecular flexibility index (Phi) is 4.66. The van der Waals surface area contributed by atoms with Crippen molar-refractivity contribution < 1.29 is 14.2 Å². The van der Waals surface area contributed by atoms with Gasteiger partial charge in [0.15, 0.2) is 11.5 Å². The summed E-state index contributed by atoms with van der Waals surface area (Å²) in [4.78, 5) is 2.54. The standard InChI is InChI=1S/C16H22N2O3.ClH/c1-19-14-6-11(7-15-16(14)21-10-20-15)8-18-5-4-12-2-3-13(9-18)17-12;/h6-7,12-13,17H,2-5,8-10H2,1H3;1H. The van der Waals surface area contributed by atoms with Gasteiger partial charge in [-0.15, -0.1) is 12.4 Å². The van der Waals surface area contributed by atoms with Crippen LogP contribution in [-0.4, -0.2) is 44.0 Å². The van der Waals surface area contributed by atoms with E-state index in [-0.39, 0.29) is 19.2 Å². The molecule has 2 atom stereocenters. The van der Waals surface area contributed by atoms with Crippen molar-refractivity contribution in [1.29, 1.82) is 0 Å². The maximum absolute atomic E-state index is 5.51. The minimum atomic E-state index is 0. The molecule has 5 nitrogen and oxygen atoms in total. The number of fused-ring (bicyclic) bond motifs is 3. The van der Waals surface area contributed by atoms with E-state index in [1.54, 1.807) is 7.11 Å². The molecule has 6 heteroatoms. The van der Waals surface area contributed by atoms with Gasteiger partial charge in [0.1, 0.15) is 0 Å². The summed E-state index contributed by atoms with van der Waals surface area (Å²) in [6.45, 7) is 3.52. The number of halogens is 1. The molecule has 2 unspecified atom stereocenters. The zero-order valence-corrected chi connectivity index (χ0v) is 13.7. The molecule has 122 valence electrons. The molecule has 3 heterocycles. The molecule has 1 aromatic rings. The van der Waals surface area contributed by atoms with Gasteiger partial charge in [-0.25, -0.2) is 0 Å². The van der Waals surface area contributed by atoms with Crippen molar-refractivity contribution in [3.63, 3.8) is 0 Å². The van der Waals surface area contributed by atoms with Gasteiger partial charge in [0, 0.05) is 31.7 Å². The van der Waals surface area contributed by atoms with Crippen molar-refractivity contribution in [1.82, 2.24) is 10.2 Å². The number of likely N-dealkylation sites (tertiary alicyclic amines) is 1. The van der Waals surface area contributed by atoms with Crippen LogP contribution >= 0.6 is 12.4 Å². The van der Waals surface area contributed by atoms with Gasteiger partial charge >= 0.3 is 0 Å². The Balaban J connectivity index is 0.00000144. The van der Waals surface area contributed by atoms with Crippen molar-refractivity contribution >= 4 is 12.4 Å². The summed E-state index contributed by atoms with van der Waals surface area (Å²) in [5.74, 6) is 2.31. The van der Waals surface area contributed by atoms with E-state index in [1.165, 1.54) is 24.8 Å². The summed E-state index contributed by atoms with van der Waals surface area (Å²) < 4.78 is 16.4. The van der Waals surface area contributed by atoms with E-state index in [0.717, 1.165) is 42.9 Å². The zero-order chi connectivity index (χ0) is 14.2. The van der Waals surface area contributed by atoms with E-state index < -0.39 is 0 Å². The van der Waals surface area contributed by atoms with Crippen LogP contribution < -0.4 is 19.5 Å². The predicted molar refractivity (Wildman–Crippen MR) is 86.2 cm³/mol. The molecule has 2 bridgehead atoms. The highest BCUT2D eigenvalue weighted by Gasteiger charge is 2.29. The Bertz CT molecular complexity index is 540. The molecule has 0 radical (unpaired) electrons. The third-order valence-electron chi connectivity index (χ3n) is 4.73. The SMILES string of the molecule is COc1cc(CN2CCC3CCC(C2)N3)cc2c1OCO2.Cl. The average Bonchev–Trinajstić information content (AvgIpc) is 3.07. The number of ether oxygens (including phenoxy) is 3. The van der Waals surface area contributed by atoms with E-state index in [1.807, 2.05) is 0 Å². The van der Waals surface area contributed by atoms with Crippen LogP contribution in [0.3, 0.4) is 0 Å². The zero-order valence-electron chi connectivity index (χ0n) is 12.8. The van der Waals surface area contributed by atoms with E-state index in [4.69, 9.17) is 14.2 Å². The molecule has 1 aromatic carbocycles. The molecule has 0 spiro atoms. The number of rotatable bonds is 3. The molecule has 1 N–H and O–H groups in total. The van der Waals surface area contributed by atoms with Crippen LogP contribution in [0, 0.1) is 0 Å². The number of nitrogens with one attached hydrogen (secondary N) is 1. The maximum Gasteiger partial charge on any atom is 0.231 e. The van der Waals surface area contributed by atoms with Crippen molar-refractivity contribution in [2.75, 3.05) is 27.0 Å². The van der Waals surface area contributed by atoms with Crippen molar-refractivity contribution in [3.8, 4) is 17.2 Å². The fourth-order valence-electron chi connectivity index (χ4n) is 3.69. The number of hydrogen-bond acceptors (Lipinski definition) is 5. The third kappa shape index (κ3) is 2.98. The fourth-order valence-corrected chi connectivity index (χ4v) is 3.69. The van der Waals surface area contributed by atoms with Crippen molar-refractivity contribution in [2.24, 2.45) is 0 Å². The molecule has 4 rings (SSSR count). The fraction of sp³-hybridized carbons (Fsp3) is 0.625. The Morgan fingerprint density at radius 3 is 2.95 bits per heavy atom. The van der Waals surface area contributed by atoms with Crippen LogP contribution in [0.4, 0.5) is 0 Å². The summed E-state index contributed by atoms with van der Waals surface area (Å²) >= 11 is 0. The third-order valence-corrected chi connectivity index (χ3v) is 4.73. The lowest BCUT2D eigenvalue weighted by Gasteiger charge is -2.24. The van der Waals surface area contributed by atoms with Crippen LogP contribution in [0.2, 0.25) is 0 Å². The molecule has 0 amide bonds. The van der Waals surface area contributed by atoms with Gasteiger partial charge in [0.05, 0.1) is 7.11 Å². The number of hydrogen-bond donors (Lipinski definition) is 1. The lowest BCUT2D eigenvalue weighted by atomic mass is 10.1. The van der Waals surface area contributed by atoms with Gasteiger partial charge in [-0.3, -0.25) is 4.90 Å². The minimum Gasteiger partial charge on any atom is -0.493 e. The second-order valence-corrected chi connectivity index (χ2v) is 6.19. The smallest absolute Gasteiger partial charge is 0.231 e. The quantitative estimate of drug-likeness (QED) is 0.922. The summed E-state index contributed by atoms with van der Waals surface area (Å²) in [5, 5.41) is 3.72. The molecule has 0 aliphatic carbocycles. The van der Waals surface area contributed by atoms with Gasteiger partial charge in [-0.05, 0) is 37.0 Å². The van der Waals surface area contributed by atoms with E-state index in [2.05, 4.69) is 22.3 Å². The van der Waals surface area contributed by atoms with Crippen LogP contribution in [-0.2, 0) is 6.54 Å². The number of methoxy groups -OCH3 is 1. The summed E-state index contributed by atoms with van der Waals surface area (Å²) in [5.41, 5.74) is 1.23. The topological polar surface area (TPSA) is 43.0 Å². The molecule has 0 aromatic heterocycles. The van der Waals surface area contributed by atoms with Crippen molar-refractivity contribution in [3.05, 3.63) is 17.7 Å². The Labute approximate surface area is 137 Å². The van der Waals surface area contributed by atoms with Gasteiger partial charge < -0.3 is 19.5 Å². The first kappa shape index (κ1) is 15.7.